The van der Waals surface area contributed by atoms with E-state index in [0.717, 1.165) is 5.69 Å². The molecular formula is C7H9N2NaS. The number of benzene rings is 1. The van der Waals surface area contributed by atoms with Crippen LogP contribution < -0.4 is 40.6 Å². The summed E-state index contributed by atoms with van der Waals surface area (Å²) in [6, 6.07) is 9.57. The number of para-hydroxylation sites is 1. The van der Waals surface area contributed by atoms with Crippen molar-refractivity contribution in [2.24, 2.45) is 5.73 Å². The van der Waals surface area contributed by atoms with Gasteiger partial charge in [0, 0.05) is 5.69 Å². The van der Waals surface area contributed by atoms with Crippen molar-refractivity contribution in [3.8, 4) is 0 Å². The molecule has 3 N–H and O–H groups in total. The van der Waals surface area contributed by atoms with Crippen molar-refractivity contribution < 1.29 is 31.0 Å². The molecule has 0 radical (unpaired) electrons. The van der Waals surface area contributed by atoms with Gasteiger partial charge in [0.2, 0.25) is 0 Å². The molecule has 0 saturated heterocycles. The molecule has 0 atom stereocenters. The van der Waals surface area contributed by atoms with Crippen LogP contribution in [0.1, 0.15) is 1.43 Å². The molecule has 0 unspecified atom stereocenters. The summed E-state index contributed by atoms with van der Waals surface area (Å²) in [5, 5.41) is 3.11. The van der Waals surface area contributed by atoms with Gasteiger partial charge in [0.1, 0.15) is 0 Å². The Morgan fingerprint density at radius 3 is 2.36 bits per heavy atom. The molecule has 0 aliphatic carbocycles. The standard InChI is InChI=1S/C7H8N2S.Na.H/c8-7(10)9-6-4-2-1-3-5-6;;/h1-5H,(H3,8,9,10);;/q;+1;-1. The number of nitrogens with two attached hydrogens (primary N) is 1. The topological polar surface area (TPSA) is 38.0 Å². The minimum absolute atomic E-state index is 0. The van der Waals surface area contributed by atoms with Gasteiger partial charge in [-0.2, -0.15) is 0 Å². The fraction of sp³-hybridized carbons (Fsp3) is 0. The van der Waals surface area contributed by atoms with Crippen molar-refractivity contribution in [2.75, 3.05) is 5.32 Å². The number of hydrogen-bond acceptors (Lipinski definition) is 1. The predicted octanol–water partition coefficient (Wildman–Crippen LogP) is -1.54. The normalized spacial score (nSPS) is 8.00. The predicted molar refractivity (Wildman–Crippen MR) is 48.0 cm³/mol. The minimum Gasteiger partial charge on any atom is -1.00 e. The molecule has 0 spiro atoms. The van der Waals surface area contributed by atoms with Crippen LogP contribution >= 0.6 is 12.2 Å². The molecule has 0 bridgehead atoms. The van der Waals surface area contributed by atoms with Crippen molar-refractivity contribution in [3.05, 3.63) is 30.3 Å². The van der Waals surface area contributed by atoms with E-state index in [0.29, 0.717) is 5.11 Å². The number of rotatable bonds is 1. The molecule has 0 saturated carbocycles. The van der Waals surface area contributed by atoms with E-state index in [-0.39, 0.29) is 31.0 Å². The van der Waals surface area contributed by atoms with Crippen LogP contribution in [0.2, 0.25) is 0 Å². The van der Waals surface area contributed by atoms with Gasteiger partial charge in [0.15, 0.2) is 5.11 Å². The number of hydrogen-bond donors (Lipinski definition) is 2. The van der Waals surface area contributed by atoms with Crippen molar-refractivity contribution in [1.82, 2.24) is 0 Å². The van der Waals surface area contributed by atoms with E-state index in [1.807, 2.05) is 30.3 Å². The van der Waals surface area contributed by atoms with E-state index in [9.17, 15) is 0 Å². The van der Waals surface area contributed by atoms with Gasteiger partial charge in [0.05, 0.1) is 0 Å². The summed E-state index contributed by atoms with van der Waals surface area (Å²) in [5.41, 5.74) is 6.17. The summed E-state index contributed by atoms with van der Waals surface area (Å²) in [6.45, 7) is 0. The van der Waals surface area contributed by atoms with Crippen molar-refractivity contribution >= 4 is 23.0 Å². The summed E-state index contributed by atoms with van der Waals surface area (Å²) in [6.07, 6.45) is 0. The minimum atomic E-state index is 0. The maximum absolute atomic E-state index is 5.24. The first kappa shape index (κ1) is 10.9. The molecule has 2 nitrogen and oxygen atoms in total. The molecule has 0 aliphatic rings. The second-order valence-corrected chi connectivity index (χ2v) is 2.30. The molecule has 0 amide bonds. The summed E-state index contributed by atoms with van der Waals surface area (Å²) < 4.78 is 0. The average Bonchev–Trinajstić information content (AvgIpc) is 1.88. The zero-order valence-corrected chi connectivity index (χ0v) is 9.19. The van der Waals surface area contributed by atoms with Crippen LogP contribution in [0, 0.1) is 0 Å². The van der Waals surface area contributed by atoms with Crippen LogP contribution in [0.25, 0.3) is 0 Å². The molecule has 0 aliphatic heterocycles. The second kappa shape index (κ2) is 5.55. The van der Waals surface area contributed by atoms with E-state index in [2.05, 4.69) is 17.5 Å². The van der Waals surface area contributed by atoms with Gasteiger partial charge in [-0.15, -0.1) is 0 Å². The molecule has 0 fully saturated rings. The van der Waals surface area contributed by atoms with Gasteiger partial charge in [-0.3, -0.25) is 0 Å². The zero-order chi connectivity index (χ0) is 7.40. The Bertz CT molecular complexity index is 230. The fourth-order valence-electron chi connectivity index (χ4n) is 0.664. The van der Waals surface area contributed by atoms with E-state index < -0.39 is 0 Å². The van der Waals surface area contributed by atoms with Gasteiger partial charge >= 0.3 is 29.6 Å². The van der Waals surface area contributed by atoms with Crippen molar-refractivity contribution in [3.63, 3.8) is 0 Å². The summed E-state index contributed by atoms with van der Waals surface area (Å²) in [7, 11) is 0. The van der Waals surface area contributed by atoms with Crippen molar-refractivity contribution in [1.29, 1.82) is 0 Å². The van der Waals surface area contributed by atoms with E-state index >= 15 is 0 Å². The van der Waals surface area contributed by atoms with Gasteiger partial charge in [-0.1, -0.05) is 18.2 Å². The van der Waals surface area contributed by atoms with Gasteiger partial charge in [0.25, 0.3) is 0 Å². The third kappa shape index (κ3) is 4.37. The molecule has 54 valence electrons. The Morgan fingerprint density at radius 2 is 1.91 bits per heavy atom. The summed E-state index contributed by atoms with van der Waals surface area (Å²) in [4.78, 5) is 0. The Kier molecular flexibility index (Phi) is 5.50. The first-order chi connectivity index (χ1) is 4.79. The molecule has 1 aromatic rings. The maximum atomic E-state index is 5.24. The fourth-order valence-corrected chi connectivity index (χ4v) is 0.782. The van der Waals surface area contributed by atoms with Crippen LogP contribution in [0.15, 0.2) is 30.3 Å². The smallest absolute Gasteiger partial charge is 1.00 e. The summed E-state index contributed by atoms with van der Waals surface area (Å²) >= 11 is 4.64. The van der Waals surface area contributed by atoms with Crippen LogP contribution in [0.3, 0.4) is 0 Å². The number of anilines is 1. The van der Waals surface area contributed by atoms with E-state index in [4.69, 9.17) is 5.73 Å². The first-order valence-electron chi connectivity index (χ1n) is 2.90. The quantitative estimate of drug-likeness (QED) is 0.402. The van der Waals surface area contributed by atoms with Gasteiger partial charge in [-0.05, 0) is 24.4 Å². The third-order valence-corrected chi connectivity index (χ3v) is 1.14. The van der Waals surface area contributed by atoms with Crippen LogP contribution in [0.5, 0.6) is 0 Å². The molecule has 1 rings (SSSR count). The Hall–Kier alpha value is -0.0900. The van der Waals surface area contributed by atoms with Gasteiger partial charge < -0.3 is 12.5 Å². The SMILES string of the molecule is NC(=S)Nc1ccccc1.[H-].[Na+]. The maximum Gasteiger partial charge on any atom is 1.00 e. The monoisotopic (exact) mass is 176 g/mol. The van der Waals surface area contributed by atoms with E-state index in [1.165, 1.54) is 0 Å². The Labute approximate surface area is 94.9 Å². The average molecular weight is 176 g/mol. The van der Waals surface area contributed by atoms with Crippen LogP contribution in [0.4, 0.5) is 5.69 Å². The van der Waals surface area contributed by atoms with Crippen LogP contribution in [-0.2, 0) is 0 Å². The zero-order valence-electron chi connectivity index (χ0n) is 7.37. The van der Waals surface area contributed by atoms with Crippen LogP contribution in [-0.4, -0.2) is 5.11 Å². The largest absolute Gasteiger partial charge is 1.00 e. The molecule has 11 heavy (non-hydrogen) atoms. The molecule has 1 aromatic carbocycles. The first-order valence-corrected chi connectivity index (χ1v) is 3.31. The summed E-state index contributed by atoms with van der Waals surface area (Å²) in [5.74, 6) is 0. The molecule has 0 aromatic heterocycles. The Morgan fingerprint density at radius 1 is 1.36 bits per heavy atom. The van der Waals surface area contributed by atoms with E-state index in [1.54, 1.807) is 0 Å². The number of nitrogens with one attached hydrogen (secondary N) is 1. The Balaban J connectivity index is 0. The molecule has 0 heterocycles. The third-order valence-electron chi connectivity index (χ3n) is 1.04. The molecular weight excluding hydrogens is 167 g/mol. The van der Waals surface area contributed by atoms with Crippen molar-refractivity contribution in [2.45, 2.75) is 0 Å². The second-order valence-electron chi connectivity index (χ2n) is 1.86. The molecule has 4 heteroatoms. The number of thiocarbonyl (C=S) groups is 1. The van der Waals surface area contributed by atoms with Gasteiger partial charge in [-0.25, -0.2) is 0 Å².